The summed E-state index contributed by atoms with van der Waals surface area (Å²) in [5, 5.41) is 12.9. The molecule has 0 saturated carbocycles. The molecule has 1 aromatic rings. The molecule has 1 unspecified atom stereocenters. The summed E-state index contributed by atoms with van der Waals surface area (Å²) in [6.45, 7) is 2.07. The second kappa shape index (κ2) is 4.08. The van der Waals surface area contributed by atoms with Crippen LogP contribution in [-0.2, 0) is 0 Å². The molecular formula is C7H12N2O2. The van der Waals surface area contributed by atoms with Gasteiger partial charge in [0.25, 0.3) is 0 Å². The average molecular weight is 156 g/mol. The number of nitrogens with zero attached hydrogens (tertiary/aromatic N) is 2. The minimum absolute atomic E-state index is 0.387. The second-order valence-electron chi connectivity index (χ2n) is 2.45. The number of hydrogen-bond donors (Lipinski definition) is 1. The summed E-state index contributed by atoms with van der Waals surface area (Å²) in [7, 11) is 0. The van der Waals surface area contributed by atoms with Gasteiger partial charge in [-0.3, -0.25) is 0 Å². The first-order valence-electron chi connectivity index (χ1n) is 3.79. The van der Waals surface area contributed by atoms with E-state index >= 15 is 0 Å². The zero-order valence-corrected chi connectivity index (χ0v) is 6.53. The summed E-state index contributed by atoms with van der Waals surface area (Å²) in [6, 6.07) is 0. The Balaban J connectivity index is 2.36. The van der Waals surface area contributed by atoms with Crippen molar-refractivity contribution in [1.82, 2.24) is 10.1 Å². The van der Waals surface area contributed by atoms with Gasteiger partial charge in [0.05, 0.1) is 0 Å². The smallest absolute Gasteiger partial charge is 0.213 e. The van der Waals surface area contributed by atoms with Crippen molar-refractivity contribution in [3.05, 3.63) is 12.2 Å². The lowest BCUT2D eigenvalue weighted by Gasteiger charge is -2.02. The van der Waals surface area contributed by atoms with Crippen LogP contribution in [0.2, 0.25) is 0 Å². The quantitative estimate of drug-likeness (QED) is 0.713. The van der Waals surface area contributed by atoms with Crippen LogP contribution in [-0.4, -0.2) is 15.2 Å². The summed E-state index contributed by atoms with van der Waals surface area (Å²) >= 11 is 0. The highest BCUT2D eigenvalue weighted by atomic mass is 16.5. The third-order valence-electron chi connectivity index (χ3n) is 1.51. The van der Waals surface area contributed by atoms with Gasteiger partial charge in [0, 0.05) is 0 Å². The molecule has 0 aromatic carbocycles. The van der Waals surface area contributed by atoms with Gasteiger partial charge < -0.3 is 9.63 Å². The molecule has 0 bridgehead atoms. The molecule has 4 nitrogen and oxygen atoms in total. The molecule has 1 rings (SSSR count). The molecular weight excluding hydrogens is 144 g/mol. The van der Waals surface area contributed by atoms with Crippen molar-refractivity contribution >= 4 is 0 Å². The molecule has 11 heavy (non-hydrogen) atoms. The van der Waals surface area contributed by atoms with Crippen molar-refractivity contribution in [1.29, 1.82) is 0 Å². The number of aliphatic hydroxyl groups excluding tert-OH is 1. The van der Waals surface area contributed by atoms with Crippen LogP contribution in [0.4, 0.5) is 0 Å². The zero-order chi connectivity index (χ0) is 8.10. The van der Waals surface area contributed by atoms with Crippen LogP contribution >= 0.6 is 0 Å². The number of hydrogen-bond acceptors (Lipinski definition) is 4. The molecule has 0 saturated heterocycles. The van der Waals surface area contributed by atoms with Gasteiger partial charge in [-0.15, -0.1) is 0 Å². The first kappa shape index (κ1) is 8.20. The Morgan fingerprint density at radius 3 is 3.09 bits per heavy atom. The SMILES string of the molecule is CCCCC(O)c1ncon1. The zero-order valence-electron chi connectivity index (χ0n) is 6.53. The van der Waals surface area contributed by atoms with E-state index in [1.165, 1.54) is 6.39 Å². The van der Waals surface area contributed by atoms with Crippen molar-refractivity contribution in [2.45, 2.75) is 32.3 Å². The van der Waals surface area contributed by atoms with Gasteiger partial charge in [-0.2, -0.15) is 4.98 Å². The number of rotatable bonds is 4. The Hall–Kier alpha value is -0.900. The minimum Gasteiger partial charge on any atom is -0.385 e. The van der Waals surface area contributed by atoms with Crippen molar-refractivity contribution in [2.24, 2.45) is 0 Å². The van der Waals surface area contributed by atoms with Gasteiger partial charge in [-0.25, -0.2) is 0 Å². The fourth-order valence-electron chi connectivity index (χ4n) is 0.852. The molecule has 0 aliphatic rings. The lowest BCUT2D eigenvalue weighted by molar-refractivity contribution is 0.151. The maximum atomic E-state index is 9.36. The van der Waals surface area contributed by atoms with E-state index in [4.69, 9.17) is 0 Å². The van der Waals surface area contributed by atoms with Crippen molar-refractivity contribution in [3.63, 3.8) is 0 Å². The molecule has 0 aliphatic heterocycles. The van der Waals surface area contributed by atoms with Gasteiger partial charge >= 0.3 is 0 Å². The summed E-state index contributed by atoms with van der Waals surface area (Å²) in [5.41, 5.74) is 0. The van der Waals surface area contributed by atoms with Crippen LogP contribution in [0.25, 0.3) is 0 Å². The molecule has 4 heteroatoms. The lowest BCUT2D eigenvalue weighted by Crippen LogP contribution is -1.98. The van der Waals surface area contributed by atoms with E-state index < -0.39 is 6.10 Å². The Morgan fingerprint density at radius 2 is 2.55 bits per heavy atom. The number of aromatic nitrogens is 2. The Kier molecular flexibility index (Phi) is 3.04. The Morgan fingerprint density at radius 1 is 1.73 bits per heavy atom. The molecule has 1 aromatic heterocycles. The van der Waals surface area contributed by atoms with Crippen LogP contribution < -0.4 is 0 Å². The molecule has 0 amide bonds. The highest BCUT2D eigenvalue weighted by molar-refractivity contribution is 4.83. The van der Waals surface area contributed by atoms with Gasteiger partial charge in [0.1, 0.15) is 6.10 Å². The van der Waals surface area contributed by atoms with E-state index in [1.54, 1.807) is 0 Å². The Bertz CT molecular complexity index is 186. The third-order valence-corrected chi connectivity index (χ3v) is 1.51. The van der Waals surface area contributed by atoms with Crippen LogP contribution in [0.3, 0.4) is 0 Å². The van der Waals surface area contributed by atoms with Crippen LogP contribution in [0.15, 0.2) is 10.9 Å². The molecule has 1 heterocycles. The van der Waals surface area contributed by atoms with E-state index in [1.807, 2.05) is 0 Å². The van der Waals surface area contributed by atoms with Gasteiger partial charge in [-0.05, 0) is 6.42 Å². The minimum atomic E-state index is -0.561. The maximum absolute atomic E-state index is 9.36. The maximum Gasteiger partial charge on any atom is 0.213 e. The van der Waals surface area contributed by atoms with Crippen molar-refractivity contribution in [3.8, 4) is 0 Å². The van der Waals surface area contributed by atoms with Gasteiger partial charge in [-0.1, -0.05) is 24.9 Å². The predicted molar refractivity (Wildman–Crippen MR) is 38.8 cm³/mol. The van der Waals surface area contributed by atoms with Gasteiger partial charge in [0.15, 0.2) is 5.82 Å². The van der Waals surface area contributed by atoms with Crippen LogP contribution in [0.1, 0.15) is 38.1 Å². The first-order chi connectivity index (χ1) is 5.34. The highest BCUT2D eigenvalue weighted by Gasteiger charge is 2.10. The molecule has 1 N–H and O–H groups in total. The van der Waals surface area contributed by atoms with Crippen molar-refractivity contribution < 1.29 is 9.63 Å². The summed E-state index contributed by atoms with van der Waals surface area (Å²) in [5.74, 6) is 0.387. The van der Waals surface area contributed by atoms with E-state index in [9.17, 15) is 5.11 Å². The van der Waals surface area contributed by atoms with Crippen molar-refractivity contribution in [2.75, 3.05) is 0 Å². The topological polar surface area (TPSA) is 59.2 Å². The Labute approximate surface area is 65.2 Å². The van der Waals surface area contributed by atoms with E-state index in [0.717, 1.165) is 12.8 Å². The molecule has 1 atom stereocenters. The van der Waals surface area contributed by atoms with Gasteiger partial charge in [0.2, 0.25) is 6.39 Å². The monoisotopic (exact) mass is 156 g/mol. The average Bonchev–Trinajstić information content (AvgIpc) is 2.52. The summed E-state index contributed by atoms with van der Waals surface area (Å²) in [4.78, 5) is 3.74. The fourth-order valence-corrected chi connectivity index (χ4v) is 0.852. The highest BCUT2D eigenvalue weighted by Crippen LogP contribution is 2.14. The number of aliphatic hydroxyl groups is 1. The molecule has 0 aliphatic carbocycles. The standard InChI is InChI=1S/C7H12N2O2/c1-2-3-4-6(10)7-8-5-11-9-7/h5-6,10H,2-4H2,1H3. The molecule has 0 spiro atoms. The molecule has 62 valence electrons. The normalized spacial score (nSPS) is 13.3. The largest absolute Gasteiger partial charge is 0.385 e. The molecule has 0 fully saturated rings. The van der Waals surface area contributed by atoms with E-state index in [0.29, 0.717) is 12.2 Å². The summed E-state index contributed by atoms with van der Waals surface area (Å²) in [6.07, 6.45) is 3.42. The first-order valence-corrected chi connectivity index (χ1v) is 3.79. The van der Waals surface area contributed by atoms with E-state index in [-0.39, 0.29) is 0 Å². The predicted octanol–water partition coefficient (Wildman–Crippen LogP) is 1.29. The summed E-state index contributed by atoms with van der Waals surface area (Å²) < 4.78 is 4.49. The third kappa shape index (κ3) is 2.31. The van der Waals surface area contributed by atoms with E-state index in [2.05, 4.69) is 21.6 Å². The number of unbranched alkanes of at least 4 members (excludes halogenated alkanes) is 1. The fraction of sp³-hybridized carbons (Fsp3) is 0.714. The van der Waals surface area contributed by atoms with Crippen LogP contribution in [0.5, 0.6) is 0 Å². The second-order valence-corrected chi connectivity index (χ2v) is 2.45. The lowest BCUT2D eigenvalue weighted by atomic mass is 10.1. The van der Waals surface area contributed by atoms with Crippen LogP contribution in [0, 0.1) is 0 Å². The molecule has 0 radical (unpaired) electrons.